The number of rotatable bonds is 6. The van der Waals surface area contributed by atoms with Gasteiger partial charge in [-0.25, -0.2) is 13.4 Å². The van der Waals surface area contributed by atoms with E-state index in [-0.39, 0.29) is 6.54 Å². The first-order valence-corrected chi connectivity index (χ1v) is 8.42. The number of imidazole rings is 1. The third kappa shape index (κ3) is 3.09. The van der Waals surface area contributed by atoms with Crippen molar-refractivity contribution in [3.05, 3.63) is 35.2 Å². The van der Waals surface area contributed by atoms with E-state index in [0.29, 0.717) is 23.0 Å². The topological polar surface area (TPSA) is 81.2 Å². The second-order valence-electron chi connectivity index (χ2n) is 4.47. The molecule has 110 valence electrons. The first kappa shape index (κ1) is 15.2. The second-order valence-corrected chi connectivity index (χ2v) is 7.91. The average Bonchev–Trinajstić information content (AvgIpc) is 3.00. The summed E-state index contributed by atoms with van der Waals surface area (Å²) in [5.74, 6) is 0.704. The zero-order chi connectivity index (χ0) is 14.8. The van der Waals surface area contributed by atoms with Gasteiger partial charge in [-0.3, -0.25) is 0 Å². The molecule has 2 rings (SSSR count). The third-order valence-electron chi connectivity index (χ3n) is 2.98. The molecule has 2 aromatic heterocycles. The van der Waals surface area contributed by atoms with Crippen LogP contribution in [0.4, 0.5) is 0 Å². The van der Waals surface area contributed by atoms with E-state index in [0.717, 1.165) is 4.88 Å². The lowest BCUT2D eigenvalue weighted by Crippen LogP contribution is -2.27. The molecule has 0 aliphatic carbocycles. The number of aryl methyl sites for hydroxylation is 1. The summed E-state index contributed by atoms with van der Waals surface area (Å²) in [6.07, 6.45) is 4.14. The number of hydrogen-bond acceptors (Lipinski definition) is 5. The molecule has 0 saturated heterocycles. The van der Waals surface area contributed by atoms with Gasteiger partial charge in [-0.15, -0.1) is 11.3 Å². The molecule has 6 nitrogen and oxygen atoms in total. The van der Waals surface area contributed by atoms with Crippen molar-refractivity contribution in [3.63, 3.8) is 0 Å². The lowest BCUT2D eigenvalue weighted by molar-refractivity contribution is 0.453. The molecule has 0 atom stereocenters. The summed E-state index contributed by atoms with van der Waals surface area (Å²) in [5.41, 5.74) is 5.48. The molecule has 0 aliphatic heterocycles. The Morgan fingerprint density at radius 2 is 2.20 bits per heavy atom. The minimum absolute atomic E-state index is 0.246. The molecule has 0 radical (unpaired) electrons. The molecule has 0 spiro atoms. The summed E-state index contributed by atoms with van der Waals surface area (Å²) in [6.45, 7) is 0.763. The molecule has 2 heterocycles. The Kier molecular flexibility index (Phi) is 4.59. The lowest BCUT2D eigenvalue weighted by atomic mass is 10.3. The molecular weight excluding hydrogens is 296 g/mol. The molecule has 0 saturated carbocycles. The highest BCUT2D eigenvalue weighted by Gasteiger charge is 2.23. The molecule has 2 aromatic rings. The monoisotopic (exact) mass is 314 g/mol. The Morgan fingerprint density at radius 1 is 1.45 bits per heavy atom. The van der Waals surface area contributed by atoms with E-state index < -0.39 is 10.0 Å². The Bertz CT molecular complexity index is 675. The van der Waals surface area contributed by atoms with Gasteiger partial charge in [-0.1, -0.05) is 0 Å². The Morgan fingerprint density at radius 3 is 2.80 bits per heavy atom. The van der Waals surface area contributed by atoms with Gasteiger partial charge in [0, 0.05) is 31.4 Å². The number of sulfonamides is 1. The van der Waals surface area contributed by atoms with Gasteiger partial charge in [0.05, 0.1) is 6.54 Å². The number of thiophene rings is 1. The Balaban J connectivity index is 2.18. The highest BCUT2D eigenvalue weighted by atomic mass is 32.2. The van der Waals surface area contributed by atoms with Gasteiger partial charge in [-0.05, 0) is 25.1 Å². The van der Waals surface area contributed by atoms with Gasteiger partial charge in [0.2, 0.25) is 0 Å². The predicted molar refractivity (Wildman–Crippen MR) is 78.9 cm³/mol. The Labute approximate surface area is 122 Å². The van der Waals surface area contributed by atoms with Crippen LogP contribution in [0.3, 0.4) is 0 Å². The zero-order valence-corrected chi connectivity index (χ0v) is 13.1. The lowest BCUT2D eigenvalue weighted by Gasteiger charge is -2.15. The van der Waals surface area contributed by atoms with Crippen LogP contribution < -0.4 is 5.73 Å². The van der Waals surface area contributed by atoms with Crippen LogP contribution in [-0.2, 0) is 30.0 Å². The zero-order valence-electron chi connectivity index (χ0n) is 11.5. The standard InChI is InChI=1S/C12H18N4O2S2/c1-15-8-7-14-11(15)9-16(2)20(17,18)12-4-3-10(19-12)5-6-13/h3-4,7-8H,5-6,9,13H2,1-2H3. The molecule has 0 aliphatic rings. The highest BCUT2D eigenvalue weighted by molar-refractivity contribution is 7.91. The predicted octanol–water partition coefficient (Wildman–Crippen LogP) is 0.803. The van der Waals surface area contributed by atoms with Crippen molar-refractivity contribution in [1.82, 2.24) is 13.9 Å². The second kappa shape index (κ2) is 6.04. The number of hydrogen-bond donors (Lipinski definition) is 1. The van der Waals surface area contributed by atoms with Crippen LogP contribution in [0.2, 0.25) is 0 Å². The van der Waals surface area contributed by atoms with Crippen molar-refractivity contribution in [2.45, 2.75) is 17.2 Å². The van der Waals surface area contributed by atoms with Crippen molar-refractivity contribution < 1.29 is 8.42 Å². The normalized spacial score (nSPS) is 12.2. The van der Waals surface area contributed by atoms with Crippen LogP contribution >= 0.6 is 11.3 Å². The maximum Gasteiger partial charge on any atom is 0.252 e. The summed E-state index contributed by atoms with van der Waals surface area (Å²) in [6, 6.07) is 3.46. The minimum Gasteiger partial charge on any atom is -0.337 e. The van der Waals surface area contributed by atoms with E-state index in [4.69, 9.17) is 5.73 Å². The van der Waals surface area contributed by atoms with Gasteiger partial charge >= 0.3 is 0 Å². The fourth-order valence-electron chi connectivity index (χ4n) is 1.76. The number of aromatic nitrogens is 2. The highest BCUT2D eigenvalue weighted by Crippen LogP contribution is 2.25. The fourth-order valence-corrected chi connectivity index (χ4v) is 4.47. The molecule has 0 bridgehead atoms. The molecular formula is C12H18N4O2S2. The number of nitrogens with two attached hydrogens (primary N) is 1. The van der Waals surface area contributed by atoms with Crippen LogP contribution in [-0.4, -0.2) is 35.9 Å². The van der Waals surface area contributed by atoms with Crippen molar-refractivity contribution in [3.8, 4) is 0 Å². The van der Waals surface area contributed by atoms with Gasteiger partial charge in [0.1, 0.15) is 10.0 Å². The van der Waals surface area contributed by atoms with E-state index in [2.05, 4.69) is 4.98 Å². The third-order valence-corrected chi connectivity index (χ3v) is 6.39. The molecule has 20 heavy (non-hydrogen) atoms. The Hall–Kier alpha value is -1.22. The fraction of sp³-hybridized carbons (Fsp3) is 0.417. The van der Waals surface area contributed by atoms with Crippen LogP contribution in [0.15, 0.2) is 28.7 Å². The van der Waals surface area contributed by atoms with Gasteiger partial charge in [0.15, 0.2) is 0 Å². The van der Waals surface area contributed by atoms with Crippen LogP contribution in [0, 0.1) is 0 Å². The van der Waals surface area contributed by atoms with Crippen molar-refractivity contribution in [1.29, 1.82) is 0 Å². The quantitative estimate of drug-likeness (QED) is 0.855. The summed E-state index contributed by atoms with van der Waals surface area (Å²) in [4.78, 5) is 5.12. The van der Waals surface area contributed by atoms with Crippen LogP contribution in [0.1, 0.15) is 10.7 Å². The van der Waals surface area contributed by atoms with Crippen molar-refractivity contribution >= 4 is 21.4 Å². The molecule has 0 aromatic carbocycles. The van der Waals surface area contributed by atoms with E-state index in [1.165, 1.54) is 15.6 Å². The maximum atomic E-state index is 12.5. The van der Waals surface area contributed by atoms with Crippen molar-refractivity contribution in [2.75, 3.05) is 13.6 Å². The summed E-state index contributed by atoms with van der Waals surface area (Å²) < 4.78 is 28.4. The smallest absolute Gasteiger partial charge is 0.252 e. The van der Waals surface area contributed by atoms with E-state index in [1.54, 1.807) is 30.1 Å². The summed E-state index contributed by atoms with van der Waals surface area (Å²) >= 11 is 1.27. The summed E-state index contributed by atoms with van der Waals surface area (Å²) in [7, 11) is -0.0692. The molecule has 0 unspecified atom stereocenters. The molecule has 8 heteroatoms. The molecule has 0 fully saturated rings. The molecule has 2 N–H and O–H groups in total. The van der Waals surface area contributed by atoms with Gasteiger partial charge in [-0.2, -0.15) is 4.31 Å². The first-order chi connectivity index (χ1) is 9.45. The number of nitrogens with zero attached hydrogens (tertiary/aromatic N) is 3. The van der Waals surface area contributed by atoms with E-state index in [9.17, 15) is 8.42 Å². The van der Waals surface area contributed by atoms with Crippen LogP contribution in [0.5, 0.6) is 0 Å². The maximum absolute atomic E-state index is 12.5. The van der Waals surface area contributed by atoms with Gasteiger partial charge < -0.3 is 10.3 Å². The summed E-state index contributed by atoms with van der Waals surface area (Å²) in [5, 5.41) is 0. The van der Waals surface area contributed by atoms with E-state index >= 15 is 0 Å². The minimum atomic E-state index is -3.47. The average molecular weight is 314 g/mol. The van der Waals surface area contributed by atoms with Crippen LogP contribution in [0.25, 0.3) is 0 Å². The SMILES string of the molecule is CN(Cc1nccn1C)S(=O)(=O)c1ccc(CCN)s1. The van der Waals surface area contributed by atoms with Crippen molar-refractivity contribution in [2.24, 2.45) is 12.8 Å². The first-order valence-electron chi connectivity index (χ1n) is 6.16. The van der Waals surface area contributed by atoms with Gasteiger partial charge in [0.25, 0.3) is 10.0 Å². The van der Waals surface area contributed by atoms with E-state index in [1.807, 2.05) is 13.1 Å². The molecule has 0 amide bonds. The largest absolute Gasteiger partial charge is 0.337 e.